The number of phenolic OH excluding ortho intramolecular Hbond substituents is 1. The fourth-order valence-electron chi connectivity index (χ4n) is 1.55. The zero-order chi connectivity index (χ0) is 14.7. The molecule has 0 aliphatic rings. The minimum absolute atomic E-state index is 0.0116. The number of pyridine rings is 1. The Balaban J connectivity index is 2.10. The summed E-state index contributed by atoms with van der Waals surface area (Å²) in [6.45, 7) is 0. The van der Waals surface area contributed by atoms with Crippen LogP contribution in [-0.2, 0) is 11.2 Å². The van der Waals surface area contributed by atoms with Crippen LogP contribution in [0, 0.1) is 5.82 Å². The van der Waals surface area contributed by atoms with Gasteiger partial charge in [0.05, 0.1) is 17.1 Å². The van der Waals surface area contributed by atoms with Crippen LogP contribution < -0.4 is 5.32 Å². The SMILES string of the molecule is O=C(Cc1ccc(Cl)nc1)Nc1cc(F)cc(Cl)c1O. The molecule has 0 aliphatic carbocycles. The number of phenols is 1. The van der Waals surface area contributed by atoms with Crippen molar-refractivity contribution in [2.75, 3.05) is 5.32 Å². The molecule has 0 atom stereocenters. The number of nitrogens with one attached hydrogen (secondary N) is 1. The van der Waals surface area contributed by atoms with Crippen molar-refractivity contribution in [2.45, 2.75) is 6.42 Å². The summed E-state index contributed by atoms with van der Waals surface area (Å²) in [5.74, 6) is -1.47. The highest BCUT2D eigenvalue weighted by molar-refractivity contribution is 6.32. The van der Waals surface area contributed by atoms with Crippen LogP contribution in [0.1, 0.15) is 5.56 Å². The van der Waals surface area contributed by atoms with E-state index in [0.29, 0.717) is 10.7 Å². The number of benzene rings is 1. The molecule has 1 heterocycles. The summed E-state index contributed by atoms with van der Waals surface area (Å²) < 4.78 is 13.2. The third kappa shape index (κ3) is 3.59. The highest BCUT2D eigenvalue weighted by Crippen LogP contribution is 2.32. The number of halogens is 3. The molecule has 20 heavy (non-hydrogen) atoms. The van der Waals surface area contributed by atoms with Gasteiger partial charge < -0.3 is 10.4 Å². The zero-order valence-electron chi connectivity index (χ0n) is 10.0. The van der Waals surface area contributed by atoms with Gasteiger partial charge in [0.25, 0.3) is 0 Å². The Kier molecular flexibility index (Phi) is 4.42. The molecule has 0 unspecified atom stereocenters. The average molecular weight is 315 g/mol. The number of carbonyl (C=O) groups excluding carboxylic acids is 1. The van der Waals surface area contributed by atoms with Crippen LogP contribution in [0.3, 0.4) is 0 Å². The predicted molar refractivity (Wildman–Crippen MR) is 74.7 cm³/mol. The van der Waals surface area contributed by atoms with Crippen LogP contribution in [0.25, 0.3) is 0 Å². The van der Waals surface area contributed by atoms with Gasteiger partial charge in [-0.25, -0.2) is 9.37 Å². The molecule has 7 heteroatoms. The van der Waals surface area contributed by atoms with Crippen molar-refractivity contribution in [3.05, 3.63) is 52.0 Å². The highest BCUT2D eigenvalue weighted by Gasteiger charge is 2.12. The summed E-state index contributed by atoms with van der Waals surface area (Å²) in [6.07, 6.45) is 1.47. The summed E-state index contributed by atoms with van der Waals surface area (Å²) >= 11 is 11.2. The van der Waals surface area contributed by atoms with E-state index in [1.807, 2.05) is 0 Å². The van der Waals surface area contributed by atoms with E-state index in [1.54, 1.807) is 12.1 Å². The molecular weight excluding hydrogens is 306 g/mol. The van der Waals surface area contributed by atoms with Crippen LogP contribution >= 0.6 is 23.2 Å². The molecule has 2 aromatic rings. The third-order valence-corrected chi connectivity index (χ3v) is 2.97. The van der Waals surface area contributed by atoms with Gasteiger partial charge >= 0.3 is 0 Å². The molecule has 1 amide bonds. The van der Waals surface area contributed by atoms with Crippen LogP contribution in [0.4, 0.5) is 10.1 Å². The summed E-state index contributed by atoms with van der Waals surface area (Å²) in [7, 11) is 0. The van der Waals surface area contributed by atoms with Crippen molar-refractivity contribution in [1.29, 1.82) is 0 Å². The number of aromatic nitrogens is 1. The van der Waals surface area contributed by atoms with Crippen molar-refractivity contribution in [3.8, 4) is 5.75 Å². The largest absolute Gasteiger partial charge is 0.504 e. The summed E-state index contributed by atoms with van der Waals surface area (Å²) in [4.78, 5) is 15.6. The Hall–Kier alpha value is -1.85. The Morgan fingerprint density at radius 2 is 2.10 bits per heavy atom. The van der Waals surface area contributed by atoms with Crippen LogP contribution in [0.5, 0.6) is 5.75 Å². The van der Waals surface area contributed by atoms with Gasteiger partial charge in [-0.15, -0.1) is 0 Å². The maximum absolute atomic E-state index is 13.2. The van der Waals surface area contributed by atoms with E-state index in [-0.39, 0.29) is 22.9 Å². The molecule has 4 nitrogen and oxygen atoms in total. The Morgan fingerprint density at radius 1 is 1.35 bits per heavy atom. The van der Waals surface area contributed by atoms with E-state index in [9.17, 15) is 14.3 Å². The topological polar surface area (TPSA) is 62.2 Å². The number of carbonyl (C=O) groups is 1. The first-order valence-corrected chi connectivity index (χ1v) is 6.29. The lowest BCUT2D eigenvalue weighted by Crippen LogP contribution is -2.14. The van der Waals surface area contributed by atoms with Crippen molar-refractivity contribution in [3.63, 3.8) is 0 Å². The standard InChI is InChI=1S/C13H9Cl2FN2O2/c14-9-4-8(16)5-10(13(9)20)18-12(19)3-7-1-2-11(15)17-6-7/h1-2,4-6,20H,3H2,(H,18,19). The number of anilines is 1. The van der Waals surface area contributed by atoms with Gasteiger partial charge in [0.1, 0.15) is 11.0 Å². The van der Waals surface area contributed by atoms with E-state index in [0.717, 1.165) is 12.1 Å². The third-order valence-electron chi connectivity index (χ3n) is 2.46. The molecular formula is C13H9Cl2FN2O2. The van der Waals surface area contributed by atoms with E-state index in [1.165, 1.54) is 6.20 Å². The minimum atomic E-state index is -0.656. The molecule has 0 aliphatic heterocycles. The lowest BCUT2D eigenvalue weighted by molar-refractivity contribution is -0.115. The number of hydrogen-bond acceptors (Lipinski definition) is 3. The molecule has 0 spiro atoms. The average Bonchev–Trinajstić information content (AvgIpc) is 2.38. The molecule has 2 rings (SSSR count). The number of nitrogens with zero attached hydrogens (tertiary/aromatic N) is 1. The molecule has 0 bridgehead atoms. The highest BCUT2D eigenvalue weighted by atomic mass is 35.5. The second-order valence-electron chi connectivity index (χ2n) is 4.00. The normalized spacial score (nSPS) is 10.3. The fraction of sp³-hybridized carbons (Fsp3) is 0.0769. The molecule has 0 fully saturated rings. The first-order valence-electron chi connectivity index (χ1n) is 5.54. The van der Waals surface area contributed by atoms with Gasteiger partial charge in [0.2, 0.25) is 5.91 Å². The molecule has 1 aromatic carbocycles. The summed E-state index contributed by atoms with van der Waals surface area (Å²) in [6, 6.07) is 5.14. The van der Waals surface area contributed by atoms with Crippen LogP contribution in [0.2, 0.25) is 10.2 Å². The van der Waals surface area contributed by atoms with Gasteiger partial charge in [0.15, 0.2) is 5.75 Å². The van der Waals surface area contributed by atoms with Gasteiger partial charge in [-0.1, -0.05) is 29.3 Å². The molecule has 0 saturated heterocycles. The van der Waals surface area contributed by atoms with Gasteiger partial charge in [-0.3, -0.25) is 4.79 Å². The van der Waals surface area contributed by atoms with Crippen molar-refractivity contribution in [2.24, 2.45) is 0 Å². The smallest absolute Gasteiger partial charge is 0.228 e. The first kappa shape index (κ1) is 14.6. The van der Waals surface area contributed by atoms with Gasteiger partial charge in [-0.05, 0) is 17.7 Å². The first-order chi connectivity index (χ1) is 9.45. The second kappa shape index (κ2) is 6.07. The van der Waals surface area contributed by atoms with Crippen molar-refractivity contribution < 1.29 is 14.3 Å². The Morgan fingerprint density at radius 3 is 2.75 bits per heavy atom. The Labute approximate surface area is 124 Å². The maximum Gasteiger partial charge on any atom is 0.228 e. The molecule has 104 valence electrons. The number of hydrogen-bond donors (Lipinski definition) is 2. The van der Waals surface area contributed by atoms with E-state index < -0.39 is 11.7 Å². The lowest BCUT2D eigenvalue weighted by Gasteiger charge is -2.08. The summed E-state index contributed by atoms with van der Waals surface area (Å²) in [5, 5.41) is 12.2. The van der Waals surface area contributed by atoms with Gasteiger partial charge in [-0.2, -0.15) is 0 Å². The van der Waals surface area contributed by atoms with E-state index >= 15 is 0 Å². The molecule has 2 N–H and O–H groups in total. The molecule has 0 radical (unpaired) electrons. The van der Waals surface area contributed by atoms with Crippen molar-refractivity contribution >= 4 is 34.8 Å². The van der Waals surface area contributed by atoms with E-state index in [2.05, 4.69) is 10.3 Å². The molecule has 1 aromatic heterocycles. The zero-order valence-corrected chi connectivity index (χ0v) is 11.5. The minimum Gasteiger partial charge on any atom is -0.504 e. The van der Waals surface area contributed by atoms with Crippen LogP contribution in [0.15, 0.2) is 30.5 Å². The Bertz CT molecular complexity index is 648. The fourth-order valence-corrected chi connectivity index (χ4v) is 1.87. The van der Waals surface area contributed by atoms with Crippen molar-refractivity contribution in [1.82, 2.24) is 4.98 Å². The number of rotatable bonds is 3. The maximum atomic E-state index is 13.2. The monoisotopic (exact) mass is 314 g/mol. The molecule has 0 saturated carbocycles. The number of amides is 1. The second-order valence-corrected chi connectivity index (χ2v) is 4.79. The lowest BCUT2D eigenvalue weighted by atomic mass is 10.2. The number of aromatic hydroxyl groups is 1. The van der Waals surface area contributed by atoms with Crippen LogP contribution in [-0.4, -0.2) is 16.0 Å². The predicted octanol–water partition coefficient (Wildman–Crippen LogP) is 3.41. The quantitative estimate of drug-likeness (QED) is 0.674. The van der Waals surface area contributed by atoms with Gasteiger partial charge in [0, 0.05) is 12.3 Å². The summed E-state index contributed by atoms with van der Waals surface area (Å²) in [5.41, 5.74) is 0.552. The van der Waals surface area contributed by atoms with E-state index in [4.69, 9.17) is 23.2 Å².